The topological polar surface area (TPSA) is 44.0 Å². The van der Waals surface area contributed by atoms with E-state index in [2.05, 4.69) is 67.5 Å². The largest absolute Gasteiger partial charge is 0.393 e. The SMILES string of the molecule is CCC1CC(C)(C(C)[C@H](C)CCCC(O)C(C)C)CCC2C1CC=C1C[C@@](C)(CC#N)CCC12CC. The zero-order valence-electron chi connectivity index (χ0n) is 25.2. The summed E-state index contributed by atoms with van der Waals surface area (Å²) in [5.41, 5.74) is 2.72. The van der Waals surface area contributed by atoms with Crippen molar-refractivity contribution in [2.75, 3.05) is 0 Å². The second kappa shape index (κ2) is 11.9. The number of nitrogens with zero attached hydrogens (tertiary/aromatic N) is 1. The van der Waals surface area contributed by atoms with Crippen molar-refractivity contribution in [3.8, 4) is 6.07 Å². The number of fused-ring (bicyclic) bond motifs is 3. The van der Waals surface area contributed by atoms with Gasteiger partial charge in [-0.25, -0.2) is 0 Å². The van der Waals surface area contributed by atoms with E-state index in [0.29, 0.717) is 29.1 Å². The van der Waals surface area contributed by atoms with Gasteiger partial charge in [0.25, 0.3) is 0 Å². The molecule has 0 spiro atoms. The van der Waals surface area contributed by atoms with Crippen molar-refractivity contribution in [1.29, 1.82) is 5.26 Å². The van der Waals surface area contributed by atoms with Crippen molar-refractivity contribution >= 4 is 0 Å². The molecule has 2 saturated carbocycles. The van der Waals surface area contributed by atoms with Gasteiger partial charge in [-0.15, -0.1) is 0 Å². The number of nitriles is 1. The first-order valence-corrected chi connectivity index (χ1v) is 15.7. The highest BCUT2D eigenvalue weighted by molar-refractivity contribution is 5.26. The maximum Gasteiger partial charge on any atom is 0.0627 e. The summed E-state index contributed by atoms with van der Waals surface area (Å²) in [5, 5.41) is 19.8. The molecule has 0 amide bonds. The predicted molar refractivity (Wildman–Crippen MR) is 153 cm³/mol. The van der Waals surface area contributed by atoms with Crippen molar-refractivity contribution < 1.29 is 5.11 Å². The summed E-state index contributed by atoms with van der Waals surface area (Å²) in [6.07, 6.45) is 18.3. The van der Waals surface area contributed by atoms with E-state index in [1.54, 1.807) is 5.57 Å². The maximum atomic E-state index is 10.3. The third-order valence-electron chi connectivity index (χ3n) is 12.2. The van der Waals surface area contributed by atoms with Crippen molar-refractivity contribution in [3.05, 3.63) is 11.6 Å². The van der Waals surface area contributed by atoms with E-state index in [1.165, 1.54) is 57.8 Å². The summed E-state index contributed by atoms with van der Waals surface area (Å²) in [7, 11) is 0. The van der Waals surface area contributed by atoms with Crippen molar-refractivity contribution in [2.24, 2.45) is 51.8 Å². The molecule has 0 aromatic rings. The summed E-state index contributed by atoms with van der Waals surface area (Å²) >= 11 is 0. The van der Waals surface area contributed by atoms with Crippen LogP contribution in [0.25, 0.3) is 0 Å². The van der Waals surface area contributed by atoms with Crippen LogP contribution in [0.2, 0.25) is 0 Å². The first kappa shape index (κ1) is 29.7. The molecule has 0 aromatic carbocycles. The average molecular weight is 498 g/mol. The molecule has 36 heavy (non-hydrogen) atoms. The number of hydrogen-bond donors (Lipinski definition) is 1. The molecule has 3 aliphatic carbocycles. The first-order valence-electron chi connectivity index (χ1n) is 15.7. The fourth-order valence-corrected chi connectivity index (χ4v) is 9.10. The highest BCUT2D eigenvalue weighted by atomic mass is 16.3. The summed E-state index contributed by atoms with van der Waals surface area (Å²) in [4.78, 5) is 0. The van der Waals surface area contributed by atoms with Crippen LogP contribution in [0.15, 0.2) is 11.6 Å². The van der Waals surface area contributed by atoms with E-state index in [4.69, 9.17) is 0 Å². The van der Waals surface area contributed by atoms with E-state index in [9.17, 15) is 10.4 Å². The third kappa shape index (κ3) is 5.92. The Bertz CT molecular complexity index is 793. The van der Waals surface area contributed by atoms with E-state index in [-0.39, 0.29) is 11.5 Å². The Balaban J connectivity index is 1.78. The molecule has 3 aliphatic rings. The number of aliphatic hydroxyl groups is 1. The van der Waals surface area contributed by atoms with Gasteiger partial charge in [-0.05, 0) is 110 Å². The lowest BCUT2D eigenvalue weighted by atomic mass is 9.49. The van der Waals surface area contributed by atoms with Crippen LogP contribution in [0.1, 0.15) is 139 Å². The molecule has 9 atom stereocenters. The Morgan fingerprint density at radius 3 is 2.42 bits per heavy atom. The van der Waals surface area contributed by atoms with Crippen LogP contribution in [-0.2, 0) is 0 Å². The second-order valence-corrected chi connectivity index (χ2v) is 14.6. The number of allylic oxidation sites excluding steroid dienone is 2. The lowest BCUT2D eigenvalue weighted by Crippen LogP contribution is -2.46. The van der Waals surface area contributed by atoms with Gasteiger partial charge in [-0.2, -0.15) is 5.26 Å². The molecular formula is C34H59NO. The number of rotatable bonds is 10. The fourth-order valence-electron chi connectivity index (χ4n) is 9.10. The first-order chi connectivity index (χ1) is 16.9. The highest BCUT2D eigenvalue weighted by Gasteiger charge is 2.54. The van der Waals surface area contributed by atoms with Crippen LogP contribution in [0.4, 0.5) is 0 Å². The standard InChI is InChI=1S/C34H59NO/c1-9-27-22-33(8,26(6)25(5)12-11-13-31(36)24(3)4)17-16-30-29(27)15-14-28-23-32(7,20-21-35)18-19-34(28,30)10-2/h14,24-27,29-31,36H,9-13,15-20,22-23H2,1-8H3/t25-,26?,27?,29?,30?,31?,32-,33?,34?/m1/s1. The molecule has 2 fully saturated rings. The second-order valence-electron chi connectivity index (χ2n) is 14.6. The van der Waals surface area contributed by atoms with Crippen LogP contribution in [0.5, 0.6) is 0 Å². The van der Waals surface area contributed by atoms with Gasteiger partial charge in [-0.3, -0.25) is 0 Å². The minimum atomic E-state index is -0.147. The predicted octanol–water partition coefficient (Wildman–Crippen LogP) is 9.72. The van der Waals surface area contributed by atoms with Gasteiger partial charge in [0.15, 0.2) is 0 Å². The minimum Gasteiger partial charge on any atom is -0.393 e. The molecule has 0 aromatic heterocycles. The van der Waals surface area contributed by atoms with Crippen molar-refractivity contribution in [1.82, 2.24) is 0 Å². The van der Waals surface area contributed by atoms with Gasteiger partial charge >= 0.3 is 0 Å². The average Bonchev–Trinajstić information content (AvgIpc) is 3.00. The highest BCUT2D eigenvalue weighted by Crippen LogP contribution is 2.64. The normalized spacial score (nSPS) is 39.2. The molecule has 0 aliphatic heterocycles. The van der Waals surface area contributed by atoms with Gasteiger partial charge in [0.1, 0.15) is 0 Å². The smallest absolute Gasteiger partial charge is 0.0627 e. The van der Waals surface area contributed by atoms with Gasteiger partial charge in [0, 0.05) is 6.42 Å². The molecule has 2 heteroatoms. The molecule has 0 saturated heterocycles. The molecule has 2 nitrogen and oxygen atoms in total. The van der Waals surface area contributed by atoms with E-state index in [1.807, 2.05) is 0 Å². The van der Waals surface area contributed by atoms with E-state index < -0.39 is 0 Å². The fraction of sp³-hybridized carbons (Fsp3) is 0.912. The molecule has 0 heterocycles. The molecular weight excluding hydrogens is 438 g/mol. The van der Waals surface area contributed by atoms with Crippen LogP contribution < -0.4 is 0 Å². The summed E-state index contributed by atoms with van der Waals surface area (Å²) < 4.78 is 0. The number of hydrogen-bond acceptors (Lipinski definition) is 2. The molecule has 206 valence electrons. The van der Waals surface area contributed by atoms with Gasteiger partial charge < -0.3 is 5.11 Å². The Labute approximate surface area is 224 Å². The Kier molecular flexibility index (Phi) is 9.86. The quantitative estimate of drug-likeness (QED) is 0.305. The van der Waals surface area contributed by atoms with E-state index in [0.717, 1.165) is 42.9 Å². The van der Waals surface area contributed by atoms with E-state index >= 15 is 0 Å². The zero-order valence-corrected chi connectivity index (χ0v) is 25.2. The molecule has 7 unspecified atom stereocenters. The van der Waals surface area contributed by atoms with Crippen LogP contribution in [0.3, 0.4) is 0 Å². The Morgan fingerprint density at radius 1 is 1.08 bits per heavy atom. The van der Waals surface area contributed by atoms with Crippen molar-refractivity contribution in [2.45, 2.75) is 145 Å². The van der Waals surface area contributed by atoms with Gasteiger partial charge in [-0.1, -0.05) is 86.3 Å². The van der Waals surface area contributed by atoms with Gasteiger partial charge in [0.05, 0.1) is 12.2 Å². The third-order valence-corrected chi connectivity index (χ3v) is 12.2. The minimum absolute atomic E-state index is 0.147. The zero-order chi connectivity index (χ0) is 26.7. The monoisotopic (exact) mass is 497 g/mol. The number of aliphatic hydroxyl groups excluding tert-OH is 1. The van der Waals surface area contributed by atoms with Crippen molar-refractivity contribution in [3.63, 3.8) is 0 Å². The van der Waals surface area contributed by atoms with Crippen LogP contribution >= 0.6 is 0 Å². The molecule has 3 rings (SSSR count). The lowest BCUT2D eigenvalue weighted by Gasteiger charge is -2.55. The molecule has 0 radical (unpaired) electrons. The molecule has 1 N–H and O–H groups in total. The summed E-state index contributed by atoms with van der Waals surface area (Å²) in [6, 6.07) is 2.51. The maximum absolute atomic E-state index is 10.3. The summed E-state index contributed by atoms with van der Waals surface area (Å²) in [5.74, 6) is 4.29. The Morgan fingerprint density at radius 2 is 1.81 bits per heavy atom. The van der Waals surface area contributed by atoms with Crippen LogP contribution in [-0.4, -0.2) is 11.2 Å². The Hall–Kier alpha value is -0.810. The van der Waals surface area contributed by atoms with Crippen LogP contribution in [0, 0.1) is 63.1 Å². The lowest BCUT2D eigenvalue weighted by molar-refractivity contribution is 0.0258. The molecule has 0 bridgehead atoms. The van der Waals surface area contributed by atoms with Gasteiger partial charge in [0.2, 0.25) is 0 Å². The summed E-state index contributed by atoms with van der Waals surface area (Å²) in [6.45, 7) is 19.2.